The van der Waals surface area contributed by atoms with Crippen molar-refractivity contribution in [3.8, 4) is 11.3 Å². The maximum absolute atomic E-state index is 12.7. The van der Waals surface area contributed by atoms with Crippen LogP contribution >= 0.6 is 11.3 Å². The van der Waals surface area contributed by atoms with E-state index in [9.17, 15) is 4.79 Å². The third kappa shape index (κ3) is 4.43. The van der Waals surface area contributed by atoms with E-state index in [4.69, 9.17) is 0 Å². The number of carbonyl (C=O) groups is 1. The molecule has 0 radical (unpaired) electrons. The molecule has 1 saturated heterocycles. The quantitative estimate of drug-likeness (QED) is 0.707. The van der Waals surface area contributed by atoms with Gasteiger partial charge in [-0.2, -0.15) is 5.10 Å². The number of nitrogens with zero attached hydrogens (tertiary/aromatic N) is 3. The number of rotatable bonds is 5. The number of anilines is 1. The van der Waals surface area contributed by atoms with Gasteiger partial charge in [0.2, 0.25) is 5.91 Å². The molecular weight excluding hydrogens is 358 g/mol. The number of aryl methyl sites for hydroxylation is 1. The number of amides is 1. The maximum atomic E-state index is 12.7. The van der Waals surface area contributed by atoms with Crippen molar-refractivity contribution in [1.82, 2.24) is 20.1 Å². The monoisotopic (exact) mass is 381 g/mol. The number of likely N-dealkylation sites (tertiary alicyclic amines) is 1. The Bertz CT molecular complexity index is 888. The predicted octanol–water partition coefficient (Wildman–Crippen LogP) is 3.69. The molecule has 27 heavy (non-hydrogen) atoms. The summed E-state index contributed by atoms with van der Waals surface area (Å²) in [6.45, 7) is 4.58. The lowest BCUT2D eigenvalue weighted by Crippen LogP contribution is -2.40. The molecule has 6 nitrogen and oxygen atoms in total. The molecule has 0 saturated carbocycles. The lowest BCUT2D eigenvalue weighted by molar-refractivity contribution is -0.121. The third-order valence-corrected chi connectivity index (χ3v) is 5.49. The summed E-state index contributed by atoms with van der Waals surface area (Å²) in [5.41, 5.74) is 6.79. The highest BCUT2D eigenvalue weighted by Crippen LogP contribution is 2.23. The minimum absolute atomic E-state index is 0.0111. The number of thiazole rings is 1. The van der Waals surface area contributed by atoms with Crippen LogP contribution in [-0.4, -0.2) is 39.1 Å². The van der Waals surface area contributed by atoms with Crippen LogP contribution in [0.15, 0.2) is 41.2 Å². The molecule has 3 aromatic rings. The van der Waals surface area contributed by atoms with Gasteiger partial charge < -0.3 is 5.32 Å². The number of benzene rings is 1. The largest absolute Gasteiger partial charge is 0.326 e. The molecular formula is C20H23N5OS. The summed E-state index contributed by atoms with van der Waals surface area (Å²) in [7, 11) is 0. The molecule has 0 unspecified atom stereocenters. The zero-order chi connectivity index (χ0) is 18.6. The number of carbonyl (C=O) groups excluding carboxylic acids is 1. The second kappa shape index (κ2) is 8.02. The molecule has 3 heterocycles. The minimum Gasteiger partial charge on any atom is -0.326 e. The lowest BCUT2D eigenvalue weighted by atomic mass is 9.97. The van der Waals surface area contributed by atoms with Gasteiger partial charge in [0.15, 0.2) is 0 Å². The summed E-state index contributed by atoms with van der Waals surface area (Å²) in [6.07, 6.45) is 1.96. The van der Waals surface area contributed by atoms with E-state index in [0.29, 0.717) is 0 Å². The van der Waals surface area contributed by atoms with Crippen molar-refractivity contribution in [2.24, 2.45) is 5.92 Å². The van der Waals surface area contributed by atoms with E-state index in [1.165, 1.54) is 0 Å². The Balaban J connectivity index is 1.34. The Morgan fingerprint density at radius 3 is 2.93 bits per heavy atom. The van der Waals surface area contributed by atoms with E-state index in [2.05, 4.69) is 31.5 Å². The van der Waals surface area contributed by atoms with E-state index in [1.807, 2.05) is 42.1 Å². The SMILES string of the molecule is Cc1cc(CN2CCC[C@@H](C(=O)Nc3ccc(-c4cscn4)cc3)C2)n[nH]1. The van der Waals surface area contributed by atoms with Crippen LogP contribution in [0.3, 0.4) is 0 Å². The number of H-pyrrole nitrogens is 1. The van der Waals surface area contributed by atoms with Crippen LogP contribution in [0, 0.1) is 12.8 Å². The Morgan fingerprint density at radius 1 is 1.37 bits per heavy atom. The first-order valence-electron chi connectivity index (χ1n) is 9.20. The van der Waals surface area contributed by atoms with Crippen LogP contribution in [0.2, 0.25) is 0 Å². The molecule has 1 aromatic carbocycles. The summed E-state index contributed by atoms with van der Waals surface area (Å²) in [6, 6.07) is 9.95. The molecule has 1 aliphatic rings. The van der Waals surface area contributed by atoms with Crippen molar-refractivity contribution in [2.45, 2.75) is 26.3 Å². The zero-order valence-electron chi connectivity index (χ0n) is 15.3. The number of aromatic amines is 1. The molecule has 1 atom stereocenters. The second-order valence-corrected chi connectivity index (χ2v) is 7.78. The fourth-order valence-electron chi connectivity index (χ4n) is 3.52. The van der Waals surface area contributed by atoms with Crippen LogP contribution in [0.5, 0.6) is 0 Å². The highest BCUT2D eigenvalue weighted by molar-refractivity contribution is 7.07. The average Bonchev–Trinajstić information content (AvgIpc) is 3.35. The van der Waals surface area contributed by atoms with E-state index in [0.717, 1.165) is 60.8 Å². The summed E-state index contributed by atoms with van der Waals surface area (Å²) < 4.78 is 0. The second-order valence-electron chi connectivity index (χ2n) is 7.06. The van der Waals surface area contributed by atoms with Crippen molar-refractivity contribution in [3.63, 3.8) is 0 Å². The van der Waals surface area contributed by atoms with Gasteiger partial charge in [0.1, 0.15) is 0 Å². The van der Waals surface area contributed by atoms with Gasteiger partial charge in [0, 0.05) is 35.4 Å². The lowest BCUT2D eigenvalue weighted by Gasteiger charge is -2.31. The predicted molar refractivity (Wildman–Crippen MR) is 108 cm³/mol. The zero-order valence-corrected chi connectivity index (χ0v) is 16.1. The summed E-state index contributed by atoms with van der Waals surface area (Å²) in [5, 5.41) is 12.4. The highest BCUT2D eigenvalue weighted by atomic mass is 32.1. The van der Waals surface area contributed by atoms with Crippen LogP contribution in [0.1, 0.15) is 24.2 Å². The molecule has 0 aliphatic carbocycles. The summed E-state index contributed by atoms with van der Waals surface area (Å²) >= 11 is 1.58. The van der Waals surface area contributed by atoms with Crippen molar-refractivity contribution in [2.75, 3.05) is 18.4 Å². The topological polar surface area (TPSA) is 73.9 Å². The van der Waals surface area contributed by atoms with Gasteiger partial charge in [-0.1, -0.05) is 12.1 Å². The smallest absolute Gasteiger partial charge is 0.228 e. The van der Waals surface area contributed by atoms with Crippen molar-refractivity contribution in [1.29, 1.82) is 0 Å². The Kier molecular flexibility index (Phi) is 5.31. The molecule has 2 N–H and O–H groups in total. The van der Waals surface area contributed by atoms with E-state index in [-0.39, 0.29) is 11.8 Å². The van der Waals surface area contributed by atoms with Gasteiger partial charge in [-0.3, -0.25) is 14.8 Å². The highest BCUT2D eigenvalue weighted by Gasteiger charge is 2.26. The molecule has 1 fully saturated rings. The molecule has 2 aromatic heterocycles. The number of piperidine rings is 1. The van der Waals surface area contributed by atoms with Crippen LogP contribution in [0.25, 0.3) is 11.3 Å². The van der Waals surface area contributed by atoms with Gasteiger partial charge in [-0.15, -0.1) is 11.3 Å². The van der Waals surface area contributed by atoms with Gasteiger partial charge in [0.05, 0.1) is 22.8 Å². The van der Waals surface area contributed by atoms with Crippen molar-refractivity contribution in [3.05, 3.63) is 52.6 Å². The number of nitrogens with one attached hydrogen (secondary N) is 2. The molecule has 0 bridgehead atoms. The number of aromatic nitrogens is 3. The summed E-state index contributed by atoms with van der Waals surface area (Å²) in [4.78, 5) is 19.3. The van der Waals surface area contributed by atoms with Crippen LogP contribution in [0.4, 0.5) is 5.69 Å². The Hall–Kier alpha value is -2.51. The Labute approximate surface area is 162 Å². The summed E-state index contributed by atoms with van der Waals surface area (Å²) in [5.74, 6) is 0.108. The average molecular weight is 382 g/mol. The van der Waals surface area contributed by atoms with Crippen molar-refractivity contribution < 1.29 is 4.79 Å². The first-order chi connectivity index (χ1) is 13.2. The van der Waals surface area contributed by atoms with Gasteiger partial charge in [-0.25, -0.2) is 4.98 Å². The minimum atomic E-state index is 0.0111. The van der Waals surface area contributed by atoms with Gasteiger partial charge in [0.25, 0.3) is 0 Å². The molecule has 1 aliphatic heterocycles. The standard InChI is InChI=1S/C20H23N5OS/c1-14-9-18(24-23-14)11-25-8-2-3-16(10-25)20(26)22-17-6-4-15(5-7-17)19-12-27-13-21-19/h4-7,9,12-13,16H,2-3,8,10-11H2,1H3,(H,22,26)(H,23,24)/t16-/m1/s1. The van der Waals surface area contributed by atoms with E-state index >= 15 is 0 Å². The third-order valence-electron chi connectivity index (χ3n) is 4.90. The molecule has 7 heteroatoms. The van der Waals surface area contributed by atoms with Crippen molar-refractivity contribution >= 4 is 22.9 Å². The Morgan fingerprint density at radius 2 is 2.22 bits per heavy atom. The van der Waals surface area contributed by atoms with Gasteiger partial charge in [-0.05, 0) is 44.5 Å². The number of hydrogen-bond donors (Lipinski definition) is 2. The fourth-order valence-corrected chi connectivity index (χ4v) is 4.08. The van der Waals surface area contributed by atoms with E-state index in [1.54, 1.807) is 11.3 Å². The molecule has 140 valence electrons. The van der Waals surface area contributed by atoms with Gasteiger partial charge >= 0.3 is 0 Å². The van der Waals surface area contributed by atoms with E-state index < -0.39 is 0 Å². The van der Waals surface area contributed by atoms with Crippen LogP contribution < -0.4 is 5.32 Å². The maximum Gasteiger partial charge on any atom is 0.228 e. The normalized spacial score (nSPS) is 17.7. The van der Waals surface area contributed by atoms with Crippen LogP contribution in [-0.2, 0) is 11.3 Å². The first kappa shape index (κ1) is 17.9. The molecule has 0 spiro atoms. The number of hydrogen-bond acceptors (Lipinski definition) is 5. The molecule has 1 amide bonds. The fraction of sp³-hybridized carbons (Fsp3) is 0.350. The first-order valence-corrected chi connectivity index (χ1v) is 10.1. The molecule has 4 rings (SSSR count).